The van der Waals surface area contributed by atoms with Crippen molar-refractivity contribution in [1.82, 2.24) is 9.13 Å². The molecule has 0 saturated carbocycles. The number of thiophene rings is 1. The Morgan fingerprint density at radius 1 is 1.06 bits per heavy atom. The zero-order chi connectivity index (χ0) is 25.3. The second-order valence-corrected chi connectivity index (χ2v) is 8.19. The summed E-state index contributed by atoms with van der Waals surface area (Å²) in [6, 6.07) is 11.3. The molecule has 0 aliphatic carbocycles. The lowest BCUT2D eigenvalue weighted by Crippen LogP contribution is -2.40. The van der Waals surface area contributed by atoms with Gasteiger partial charge in [0.1, 0.15) is 11.2 Å². The van der Waals surface area contributed by atoms with Gasteiger partial charge in [-0.15, -0.1) is 11.3 Å². The van der Waals surface area contributed by atoms with Gasteiger partial charge in [-0.3, -0.25) is 14.2 Å². The molecule has 0 atom stereocenters. The number of ether oxygens (including phenoxy) is 1. The molecule has 0 aliphatic heterocycles. The highest BCUT2D eigenvalue weighted by atomic mass is 32.1. The van der Waals surface area contributed by atoms with E-state index in [1.807, 2.05) is 0 Å². The van der Waals surface area contributed by atoms with E-state index in [-0.39, 0.29) is 27.2 Å². The molecule has 4 aromatic rings. The minimum Gasteiger partial charge on any atom is -0.465 e. The fraction of sp³-hybridized carbons (Fsp3) is 0.130. The standard InChI is InChI=1S/C23H16F3N3O5S/c1-34-21(32)15-7-2-3-8-16(15)27-18(30)12-28-17-9-10-35-19(17)20(31)29(22(28)33)14-6-4-5-13(11-14)23(24,25)26/h2-11H,12H2,1H3,(H,27,30). The average molecular weight is 503 g/mol. The summed E-state index contributed by atoms with van der Waals surface area (Å²) in [7, 11) is 1.19. The van der Waals surface area contributed by atoms with Gasteiger partial charge in [0.05, 0.1) is 35.1 Å². The number of hydrogen-bond donors (Lipinski definition) is 1. The van der Waals surface area contributed by atoms with Crippen LogP contribution in [0.15, 0.2) is 69.6 Å². The third-order valence-corrected chi connectivity index (χ3v) is 5.99. The van der Waals surface area contributed by atoms with Gasteiger partial charge in [0.2, 0.25) is 5.91 Å². The van der Waals surface area contributed by atoms with Crippen molar-refractivity contribution in [1.29, 1.82) is 0 Å². The van der Waals surface area contributed by atoms with E-state index in [0.29, 0.717) is 10.6 Å². The molecule has 0 saturated heterocycles. The molecule has 0 bridgehead atoms. The lowest BCUT2D eigenvalue weighted by atomic mass is 10.2. The molecule has 0 spiro atoms. The number of alkyl halides is 3. The van der Waals surface area contributed by atoms with Gasteiger partial charge in [0, 0.05) is 0 Å². The van der Waals surface area contributed by atoms with Gasteiger partial charge in [-0.05, 0) is 41.8 Å². The second kappa shape index (κ2) is 9.22. The molecule has 4 rings (SSSR count). The van der Waals surface area contributed by atoms with Crippen molar-refractivity contribution in [3.63, 3.8) is 0 Å². The number of halogens is 3. The van der Waals surface area contributed by atoms with Crippen LogP contribution in [0.2, 0.25) is 0 Å². The van der Waals surface area contributed by atoms with Crippen LogP contribution in [0.25, 0.3) is 15.9 Å². The summed E-state index contributed by atoms with van der Waals surface area (Å²) in [4.78, 5) is 51.0. The fourth-order valence-corrected chi connectivity index (χ4v) is 4.33. The molecule has 180 valence electrons. The molecule has 8 nitrogen and oxygen atoms in total. The largest absolute Gasteiger partial charge is 0.465 e. The molecule has 2 aromatic heterocycles. The zero-order valence-electron chi connectivity index (χ0n) is 18.0. The molecule has 0 radical (unpaired) electrons. The average Bonchev–Trinajstić information content (AvgIpc) is 3.32. The molecular formula is C23H16F3N3O5S. The van der Waals surface area contributed by atoms with Crippen LogP contribution < -0.4 is 16.6 Å². The second-order valence-electron chi connectivity index (χ2n) is 7.28. The van der Waals surface area contributed by atoms with Crippen molar-refractivity contribution in [2.24, 2.45) is 0 Å². The molecule has 0 unspecified atom stereocenters. The zero-order valence-corrected chi connectivity index (χ0v) is 18.8. The maximum atomic E-state index is 13.3. The maximum absolute atomic E-state index is 13.3. The number of hydrogen-bond acceptors (Lipinski definition) is 6. The summed E-state index contributed by atoms with van der Waals surface area (Å²) >= 11 is 0.988. The summed E-state index contributed by atoms with van der Waals surface area (Å²) in [5.41, 5.74) is -2.71. The number of anilines is 1. The van der Waals surface area contributed by atoms with E-state index in [0.717, 1.165) is 28.0 Å². The van der Waals surface area contributed by atoms with Gasteiger partial charge in [-0.2, -0.15) is 13.2 Å². The van der Waals surface area contributed by atoms with Crippen molar-refractivity contribution in [3.8, 4) is 5.69 Å². The molecule has 35 heavy (non-hydrogen) atoms. The van der Waals surface area contributed by atoms with Crippen molar-refractivity contribution < 1.29 is 27.5 Å². The Morgan fingerprint density at radius 2 is 1.80 bits per heavy atom. The number of rotatable bonds is 5. The Balaban J connectivity index is 1.79. The number of benzene rings is 2. The van der Waals surface area contributed by atoms with E-state index >= 15 is 0 Å². The van der Waals surface area contributed by atoms with Crippen molar-refractivity contribution in [3.05, 3.63) is 91.9 Å². The van der Waals surface area contributed by atoms with Crippen LogP contribution in [0.3, 0.4) is 0 Å². The van der Waals surface area contributed by atoms with Gasteiger partial charge < -0.3 is 10.1 Å². The summed E-state index contributed by atoms with van der Waals surface area (Å²) in [5, 5.41) is 4.06. The maximum Gasteiger partial charge on any atom is 0.416 e. The number of nitrogens with zero attached hydrogens (tertiary/aromatic N) is 2. The summed E-state index contributed by atoms with van der Waals surface area (Å²) in [6.07, 6.45) is -4.68. The molecular weight excluding hydrogens is 487 g/mol. The Labute approximate surface area is 198 Å². The van der Waals surface area contributed by atoms with Gasteiger partial charge >= 0.3 is 17.8 Å². The fourth-order valence-electron chi connectivity index (χ4n) is 3.50. The molecule has 1 N–H and O–H groups in total. The highest BCUT2D eigenvalue weighted by molar-refractivity contribution is 7.17. The Hall–Kier alpha value is -4.19. The first-order valence-corrected chi connectivity index (χ1v) is 10.9. The molecule has 12 heteroatoms. The van der Waals surface area contributed by atoms with E-state index in [9.17, 15) is 32.3 Å². The minimum absolute atomic E-state index is 0.0878. The number of carbonyl (C=O) groups is 2. The lowest BCUT2D eigenvalue weighted by Gasteiger charge is -2.14. The predicted octanol–water partition coefficient (Wildman–Crippen LogP) is 3.66. The Kier molecular flexibility index (Phi) is 6.31. The van der Waals surface area contributed by atoms with E-state index in [1.165, 1.54) is 36.8 Å². The highest BCUT2D eigenvalue weighted by Gasteiger charge is 2.31. The number of methoxy groups -OCH3 is 1. The van der Waals surface area contributed by atoms with Gasteiger partial charge in [0.25, 0.3) is 5.56 Å². The van der Waals surface area contributed by atoms with E-state index in [2.05, 4.69) is 5.32 Å². The SMILES string of the molecule is COC(=O)c1ccccc1NC(=O)Cn1c(=O)n(-c2cccc(C(F)(F)F)c2)c(=O)c2sccc21. The molecule has 1 amide bonds. The number of nitrogens with one attached hydrogen (secondary N) is 1. The van der Waals surface area contributed by atoms with Crippen LogP contribution in [0, 0.1) is 0 Å². The molecule has 2 aromatic carbocycles. The molecule has 2 heterocycles. The minimum atomic E-state index is -4.68. The molecule has 0 fully saturated rings. The number of fused-ring (bicyclic) bond motifs is 1. The predicted molar refractivity (Wildman–Crippen MR) is 123 cm³/mol. The van der Waals surface area contributed by atoms with Crippen LogP contribution in [0.5, 0.6) is 0 Å². The number of carbonyl (C=O) groups excluding carboxylic acids is 2. The quantitative estimate of drug-likeness (QED) is 0.419. The monoisotopic (exact) mass is 503 g/mol. The van der Waals surface area contributed by atoms with Gasteiger partial charge in [-0.1, -0.05) is 18.2 Å². The van der Waals surface area contributed by atoms with E-state index < -0.39 is 41.4 Å². The summed E-state index contributed by atoms with van der Waals surface area (Å²) in [6.45, 7) is -0.569. The van der Waals surface area contributed by atoms with E-state index in [4.69, 9.17) is 4.74 Å². The van der Waals surface area contributed by atoms with Crippen LogP contribution >= 0.6 is 11.3 Å². The first-order valence-electron chi connectivity index (χ1n) is 9.99. The van der Waals surface area contributed by atoms with Crippen molar-refractivity contribution in [2.75, 3.05) is 12.4 Å². The van der Waals surface area contributed by atoms with Crippen molar-refractivity contribution >= 4 is 39.1 Å². The van der Waals surface area contributed by atoms with Crippen LogP contribution in [-0.2, 0) is 22.3 Å². The summed E-state index contributed by atoms with van der Waals surface area (Å²) in [5.74, 6) is -1.39. The third kappa shape index (κ3) is 4.60. The van der Waals surface area contributed by atoms with Crippen LogP contribution in [-0.4, -0.2) is 28.1 Å². The topological polar surface area (TPSA) is 99.4 Å². The molecule has 0 aliphatic rings. The van der Waals surface area contributed by atoms with Crippen LogP contribution in [0.4, 0.5) is 18.9 Å². The first-order chi connectivity index (χ1) is 16.6. The van der Waals surface area contributed by atoms with Crippen LogP contribution in [0.1, 0.15) is 15.9 Å². The number of para-hydroxylation sites is 1. The Bertz CT molecular complexity index is 1570. The number of amides is 1. The van der Waals surface area contributed by atoms with E-state index in [1.54, 1.807) is 12.1 Å². The summed E-state index contributed by atoms with van der Waals surface area (Å²) < 4.78 is 46.0. The third-order valence-electron chi connectivity index (χ3n) is 5.09. The smallest absolute Gasteiger partial charge is 0.416 e. The van der Waals surface area contributed by atoms with Gasteiger partial charge in [0.15, 0.2) is 0 Å². The van der Waals surface area contributed by atoms with Crippen molar-refractivity contribution in [2.45, 2.75) is 12.7 Å². The number of esters is 1. The van der Waals surface area contributed by atoms with Gasteiger partial charge in [-0.25, -0.2) is 14.2 Å². The Morgan fingerprint density at radius 3 is 2.51 bits per heavy atom. The normalized spacial score (nSPS) is 11.4. The number of aromatic nitrogens is 2. The highest BCUT2D eigenvalue weighted by Crippen LogP contribution is 2.30. The lowest BCUT2D eigenvalue weighted by molar-refractivity contribution is -0.137. The first kappa shape index (κ1) is 24.0.